The second-order valence-electron chi connectivity index (χ2n) is 5.95. The first-order chi connectivity index (χ1) is 14.0. The summed E-state index contributed by atoms with van der Waals surface area (Å²) in [6.45, 7) is 4.02. The molecule has 0 amide bonds. The van der Waals surface area contributed by atoms with E-state index in [4.69, 9.17) is 11.1 Å². The molecule has 0 aliphatic rings. The van der Waals surface area contributed by atoms with E-state index in [1.54, 1.807) is 48.8 Å². The molecule has 3 rings (SSSR count). The monoisotopic (exact) mass is 392 g/mol. The minimum Gasteiger partial charge on any atom is -0.398 e. The Morgan fingerprint density at radius 2 is 1.86 bits per heavy atom. The fourth-order valence-electron chi connectivity index (χ4n) is 2.50. The van der Waals surface area contributed by atoms with Crippen molar-refractivity contribution >= 4 is 28.9 Å². The van der Waals surface area contributed by atoms with Gasteiger partial charge in [-0.05, 0) is 54.1 Å². The number of nitrogens with zero attached hydrogens (tertiary/aromatic N) is 1. The Kier molecular flexibility index (Phi) is 7.79. The predicted octanol–water partition coefficient (Wildman–Crippen LogP) is 5.55. The van der Waals surface area contributed by atoms with Crippen LogP contribution in [-0.2, 0) is 0 Å². The van der Waals surface area contributed by atoms with Gasteiger partial charge in [-0.1, -0.05) is 24.8 Å². The number of hydrogen-bond acceptors (Lipinski definition) is 4. The molecule has 0 saturated heterocycles. The third-order valence-electron chi connectivity index (χ3n) is 3.96. The van der Waals surface area contributed by atoms with Gasteiger partial charge >= 0.3 is 0 Å². The summed E-state index contributed by atoms with van der Waals surface area (Å²) in [6.07, 6.45) is 6.81. The Bertz CT molecular complexity index is 997. The number of halogens is 2. The SMILES string of the molecule is C=C(Nc1ccc(N)c(C(=N)/C=C/c2ccc(F)cc2)c1)c1cccnc1.CF. The van der Waals surface area contributed by atoms with Crippen molar-refractivity contribution in [2.45, 2.75) is 0 Å². The molecule has 0 aliphatic carbocycles. The smallest absolute Gasteiger partial charge is 0.123 e. The molecule has 0 unspecified atom stereocenters. The number of aromatic nitrogens is 1. The molecule has 0 aliphatic heterocycles. The summed E-state index contributed by atoms with van der Waals surface area (Å²) in [7, 11) is 0.500. The molecule has 0 saturated carbocycles. The van der Waals surface area contributed by atoms with Gasteiger partial charge in [0.15, 0.2) is 0 Å². The number of nitrogens with two attached hydrogens (primary N) is 1. The highest BCUT2D eigenvalue weighted by atomic mass is 19.1. The Balaban J connectivity index is 0.00000145. The van der Waals surface area contributed by atoms with Gasteiger partial charge in [0.25, 0.3) is 0 Å². The van der Waals surface area contributed by atoms with Crippen LogP contribution in [0.4, 0.5) is 20.2 Å². The van der Waals surface area contributed by atoms with Crippen molar-refractivity contribution in [2.24, 2.45) is 0 Å². The summed E-state index contributed by atoms with van der Waals surface area (Å²) in [6, 6.07) is 15.2. The van der Waals surface area contributed by atoms with Crippen LogP contribution in [0.1, 0.15) is 16.7 Å². The maximum Gasteiger partial charge on any atom is 0.123 e. The van der Waals surface area contributed by atoms with Gasteiger partial charge in [0, 0.05) is 40.6 Å². The summed E-state index contributed by atoms with van der Waals surface area (Å²) in [4.78, 5) is 4.08. The zero-order chi connectivity index (χ0) is 21.2. The van der Waals surface area contributed by atoms with Crippen molar-refractivity contribution in [3.63, 3.8) is 0 Å². The second-order valence-corrected chi connectivity index (χ2v) is 5.95. The van der Waals surface area contributed by atoms with Gasteiger partial charge in [-0.3, -0.25) is 9.37 Å². The maximum atomic E-state index is 13.0. The minimum atomic E-state index is -0.293. The van der Waals surface area contributed by atoms with Gasteiger partial charge in [0.2, 0.25) is 0 Å². The summed E-state index contributed by atoms with van der Waals surface area (Å²) in [5, 5.41) is 11.5. The molecule has 29 heavy (non-hydrogen) atoms. The van der Waals surface area contributed by atoms with Crippen LogP contribution in [0.15, 0.2) is 79.6 Å². The molecule has 0 bridgehead atoms. The van der Waals surface area contributed by atoms with Gasteiger partial charge in [0.1, 0.15) is 5.82 Å². The zero-order valence-corrected chi connectivity index (χ0v) is 16.0. The largest absolute Gasteiger partial charge is 0.398 e. The molecule has 0 radical (unpaired) electrons. The van der Waals surface area contributed by atoms with Crippen molar-refractivity contribution in [3.8, 4) is 0 Å². The van der Waals surface area contributed by atoms with Gasteiger partial charge in [-0.15, -0.1) is 0 Å². The second kappa shape index (κ2) is 10.5. The molecule has 0 fully saturated rings. The van der Waals surface area contributed by atoms with Crippen molar-refractivity contribution in [3.05, 3.63) is 102 Å². The molecule has 3 aromatic rings. The van der Waals surface area contributed by atoms with Gasteiger partial charge in [-0.2, -0.15) is 0 Å². The molecular weight excluding hydrogens is 370 g/mol. The van der Waals surface area contributed by atoms with Gasteiger partial charge < -0.3 is 16.5 Å². The lowest BCUT2D eigenvalue weighted by Gasteiger charge is -2.12. The number of allylic oxidation sites excluding steroid dienone is 1. The van der Waals surface area contributed by atoms with E-state index in [0.29, 0.717) is 24.1 Å². The van der Waals surface area contributed by atoms with Crippen molar-refractivity contribution < 1.29 is 8.78 Å². The average molecular weight is 392 g/mol. The first-order valence-electron chi connectivity index (χ1n) is 8.69. The maximum absolute atomic E-state index is 13.0. The number of benzene rings is 2. The summed E-state index contributed by atoms with van der Waals surface area (Å²) in [5.41, 5.74) is 10.5. The van der Waals surface area contributed by atoms with Crippen LogP contribution >= 0.6 is 0 Å². The lowest BCUT2D eigenvalue weighted by atomic mass is 10.0. The topological polar surface area (TPSA) is 74.8 Å². The third-order valence-corrected chi connectivity index (χ3v) is 3.96. The summed E-state index contributed by atoms with van der Waals surface area (Å²) >= 11 is 0. The molecule has 1 aromatic heterocycles. The lowest BCUT2D eigenvalue weighted by Crippen LogP contribution is -2.04. The lowest BCUT2D eigenvalue weighted by molar-refractivity contribution is 0.628. The number of rotatable bonds is 6. The molecule has 1 heterocycles. The number of nitrogen functional groups attached to an aromatic ring is 1. The zero-order valence-electron chi connectivity index (χ0n) is 16.0. The normalized spacial score (nSPS) is 10.2. The van der Waals surface area contributed by atoms with Gasteiger partial charge in [-0.25, -0.2) is 4.39 Å². The highest BCUT2D eigenvalue weighted by Crippen LogP contribution is 2.22. The Hall–Kier alpha value is -3.80. The molecule has 4 nitrogen and oxygen atoms in total. The highest BCUT2D eigenvalue weighted by Gasteiger charge is 2.07. The van der Waals surface area contributed by atoms with Crippen molar-refractivity contribution in [1.29, 1.82) is 5.41 Å². The van der Waals surface area contributed by atoms with E-state index in [2.05, 4.69) is 16.9 Å². The van der Waals surface area contributed by atoms with Crippen molar-refractivity contribution in [1.82, 2.24) is 4.98 Å². The standard InChI is InChI=1S/C22H19FN4.CH3F/c1-15(17-3-2-12-26-14-17)27-19-9-11-22(25)20(13-19)21(24)10-6-16-4-7-18(23)8-5-16;1-2/h2-14,24,27H,1,25H2;1H3/b10-6+,24-21?;. The molecule has 6 heteroatoms. The van der Waals surface area contributed by atoms with Gasteiger partial charge in [0.05, 0.1) is 12.9 Å². The molecule has 2 aromatic carbocycles. The molecule has 4 N–H and O–H groups in total. The van der Waals surface area contributed by atoms with E-state index in [0.717, 1.165) is 16.8 Å². The Morgan fingerprint density at radius 3 is 2.52 bits per heavy atom. The van der Waals surface area contributed by atoms with Crippen LogP contribution in [0, 0.1) is 11.2 Å². The van der Waals surface area contributed by atoms with E-state index in [1.807, 2.05) is 18.2 Å². The Labute approximate surface area is 168 Å². The number of anilines is 2. The van der Waals surface area contributed by atoms with Crippen molar-refractivity contribution in [2.75, 3.05) is 18.2 Å². The van der Waals surface area contributed by atoms with Crippen LogP contribution in [0.5, 0.6) is 0 Å². The highest BCUT2D eigenvalue weighted by molar-refractivity contribution is 6.12. The summed E-state index contributed by atoms with van der Waals surface area (Å²) in [5.74, 6) is -0.293. The van der Waals surface area contributed by atoms with Crippen LogP contribution < -0.4 is 11.1 Å². The molecule has 0 atom stereocenters. The minimum absolute atomic E-state index is 0.257. The Morgan fingerprint density at radius 1 is 1.14 bits per heavy atom. The quantitative estimate of drug-likeness (QED) is 0.380. The number of alkyl halides is 1. The first-order valence-corrected chi connectivity index (χ1v) is 8.69. The van der Waals surface area contributed by atoms with E-state index in [9.17, 15) is 8.78 Å². The molecule has 0 spiro atoms. The number of hydrogen-bond donors (Lipinski definition) is 3. The first kappa shape index (κ1) is 21.5. The van der Waals surface area contributed by atoms with Crippen LogP contribution in [0.25, 0.3) is 11.8 Å². The fourth-order valence-corrected chi connectivity index (χ4v) is 2.50. The number of pyridine rings is 1. The van der Waals surface area contributed by atoms with E-state index in [-0.39, 0.29) is 11.5 Å². The predicted molar refractivity (Wildman–Crippen MR) is 117 cm³/mol. The fraction of sp³-hybridized carbons (Fsp3) is 0.0435. The molecule has 148 valence electrons. The number of nitrogens with one attached hydrogen (secondary N) is 2. The van der Waals surface area contributed by atoms with Crippen LogP contribution in [0.2, 0.25) is 0 Å². The molecular formula is C23H22F2N4. The third kappa shape index (κ3) is 6.10. The average Bonchev–Trinajstić information content (AvgIpc) is 2.76. The van der Waals surface area contributed by atoms with E-state index >= 15 is 0 Å². The van der Waals surface area contributed by atoms with E-state index < -0.39 is 0 Å². The summed E-state index contributed by atoms with van der Waals surface area (Å²) < 4.78 is 22.5. The van der Waals surface area contributed by atoms with Crippen LogP contribution in [0.3, 0.4) is 0 Å². The van der Waals surface area contributed by atoms with Crippen LogP contribution in [-0.4, -0.2) is 17.9 Å². The van der Waals surface area contributed by atoms with E-state index in [1.165, 1.54) is 12.1 Å².